The third-order valence-corrected chi connectivity index (χ3v) is 4.99. The van der Waals surface area contributed by atoms with Gasteiger partial charge in [0.25, 0.3) is 0 Å². The predicted molar refractivity (Wildman–Crippen MR) is 103 cm³/mol. The predicted octanol–water partition coefficient (Wildman–Crippen LogP) is 4.01. The SMILES string of the molecule is CN(CCCC(=O)NCC1(c2ccc(F)cc2)CCC1)C(=O)OC(C)(C)C. The van der Waals surface area contributed by atoms with Gasteiger partial charge in [0.15, 0.2) is 0 Å². The summed E-state index contributed by atoms with van der Waals surface area (Å²) in [6.45, 7) is 6.50. The van der Waals surface area contributed by atoms with E-state index in [1.165, 1.54) is 17.0 Å². The van der Waals surface area contributed by atoms with Gasteiger partial charge in [0.2, 0.25) is 5.91 Å². The first-order chi connectivity index (χ1) is 12.6. The Labute approximate surface area is 161 Å². The molecule has 0 saturated heterocycles. The monoisotopic (exact) mass is 378 g/mol. The van der Waals surface area contributed by atoms with E-state index in [4.69, 9.17) is 4.74 Å². The van der Waals surface area contributed by atoms with E-state index in [1.807, 2.05) is 32.9 Å². The van der Waals surface area contributed by atoms with Gasteiger partial charge >= 0.3 is 6.09 Å². The molecule has 1 aliphatic carbocycles. The summed E-state index contributed by atoms with van der Waals surface area (Å²) >= 11 is 0. The van der Waals surface area contributed by atoms with Gasteiger partial charge in [-0.3, -0.25) is 4.79 Å². The van der Waals surface area contributed by atoms with Crippen LogP contribution in [0.2, 0.25) is 0 Å². The largest absolute Gasteiger partial charge is 0.444 e. The number of carbonyl (C=O) groups is 2. The lowest BCUT2D eigenvalue weighted by Crippen LogP contribution is -2.45. The molecule has 5 nitrogen and oxygen atoms in total. The van der Waals surface area contributed by atoms with E-state index in [0.29, 0.717) is 25.9 Å². The van der Waals surface area contributed by atoms with E-state index >= 15 is 0 Å². The Balaban J connectivity index is 1.74. The molecular weight excluding hydrogens is 347 g/mol. The van der Waals surface area contributed by atoms with Crippen molar-refractivity contribution in [1.82, 2.24) is 10.2 Å². The number of halogens is 1. The Morgan fingerprint density at radius 3 is 2.37 bits per heavy atom. The number of nitrogens with zero attached hydrogens (tertiary/aromatic N) is 1. The Morgan fingerprint density at radius 1 is 1.22 bits per heavy atom. The van der Waals surface area contributed by atoms with E-state index < -0.39 is 5.60 Å². The maximum absolute atomic E-state index is 13.2. The molecule has 2 amide bonds. The van der Waals surface area contributed by atoms with E-state index in [9.17, 15) is 14.0 Å². The van der Waals surface area contributed by atoms with Crippen molar-refractivity contribution in [2.24, 2.45) is 0 Å². The van der Waals surface area contributed by atoms with Crippen LogP contribution >= 0.6 is 0 Å². The zero-order valence-corrected chi connectivity index (χ0v) is 16.8. The van der Waals surface area contributed by atoms with Crippen LogP contribution in [0.5, 0.6) is 0 Å². The maximum atomic E-state index is 13.2. The van der Waals surface area contributed by atoms with Crippen molar-refractivity contribution in [3.8, 4) is 0 Å². The molecule has 1 N–H and O–H groups in total. The average molecular weight is 378 g/mol. The lowest BCUT2D eigenvalue weighted by molar-refractivity contribution is -0.121. The molecule has 0 heterocycles. The molecule has 0 aromatic heterocycles. The van der Waals surface area contributed by atoms with E-state index in [-0.39, 0.29) is 23.2 Å². The quantitative estimate of drug-likeness (QED) is 0.780. The van der Waals surface area contributed by atoms with Crippen molar-refractivity contribution in [1.29, 1.82) is 0 Å². The smallest absolute Gasteiger partial charge is 0.410 e. The Hall–Kier alpha value is -2.11. The van der Waals surface area contributed by atoms with Gasteiger partial charge in [-0.15, -0.1) is 0 Å². The fourth-order valence-corrected chi connectivity index (χ4v) is 3.24. The molecule has 0 bridgehead atoms. The van der Waals surface area contributed by atoms with Gasteiger partial charge in [-0.25, -0.2) is 9.18 Å². The van der Waals surface area contributed by atoms with Crippen molar-refractivity contribution >= 4 is 12.0 Å². The average Bonchev–Trinajstić information content (AvgIpc) is 2.53. The molecule has 1 saturated carbocycles. The van der Waals surface area contributed by atoms with Gasteiger partial charge in [-0.1, -0.05) is 18.6 Å². The highest BCUT2D eigenvalue weighted by Crippen LogP contribution is 2.43. The number of hydrogen-bond donors (Lipinski definition) is 1. The van der Waals surface area contributed by atoms with Crippen LogP contribution < -0.4 is 5.32 Å². The molecule has 0 atom stereocenters. The first-order valence-electron chi connectivity index (χ1n) is 9.58. The van der Waals surface area contributed by atoms with Crippen LogP contribution in [0.4, 0.5) is 9.18 Å². The fourth-order valence-electron chi connectivity index (χ4n) is 3.24. The molecular formula is C21H31FN2O3. The van der Waals surface area contributed by atoms with Crippen LogP contribution in [-0.4, -0.2) is 42.6 Å². The highest BCUT2D eigenvalue weighted by molar-refractivity contribution is 5.76. The number of rotatable bonds is 7. The number of amides is 2. The fraction of sp³-hybridized carbons (Fsp3) is 0.619. The van der Waals surface area contributed by atoms with Gasteiger partial charge in [0.1, 0.15) is 11.4 Å². The van der Waals surface area contributed by atoms with Crippen molar-refractivity contribution in [3.05, 3.63) is 35.6 Å². The Morgan fingerprint density at radius 2 is 1.85 bits per heavy atom. The molecule has 0 unspecified atom stereocenters. The third-order valence-electron chi connectivity index (χ3n) is 4.99. The van der Waals surface area contributed by atoms with Gasteiger partial charge in [0, 0.05) is 32.0 Å². The first kappa shape index (κ1) is 21.2. The van der Waals surface area contributed by atoms with Gasteiger partial charge < -0.3 is 15.0 Å². The second-order valence-electron chi connectivity index (χ2n) is 8.42. The Bertz CT molecular complexity index is 648. The second-order valence-corrected chi connectivity index (χ2v) is 8.42. The normalized spacial score (nSPS) is 15.6. The summed E-state index contributed by atoms with van der Waals surface area (Å²) in [5.41, 5.74) is 0.483. The zero-order chi connectivity index (χ0) is 20.1. The molecule has 1 aromatic rings. The van der Waals surface area contributed by atoms with Crippen LogP contribution in [0.25, 0.3) is 0 Å². The third kappa shape index (κ3) is 6.22. The topological polar surface area (TPSA) is 58.6 Å². The Kier molecular flexibility index (Phi) is 6.84. The maximum Gasteiger partial charge on any atom is 0.410 e. The van der Waals surface area contributed by atoms with Crippen LogP contribution in [-0.2, 0) is 14.9 Å². The minimum atomic E-state index is -0.528. The molecule has 0 spiro atoms. The first-order valence-corrected chi connectivity index (χ1v) is 9.58. The number of hydrogen-bond acceptors (Lipinski definition) is 3. The number of carbonyl (C=O) groups excluding carboxylic acids is 2. The van der Waals surface area contributed by atoms with Crippen LogP contribution in [0, 0.1) is 5.82 Å². The molecule has 27 heavy (non-hydrogen) atoms. The highest BCUT2D eigenvalue weighted by atomic mass is 19.1. The molecule has 1 aromatic carbocycles. The molecule has 2 rings (SSSR count). The van der Waals surface area contributed by atoms with Crippen molar-refractivity contribution in [3.63, 3.8) is 0 Å². The zero-order valence-electron chi connectivity index (χ0n) is 16.8. The highest BCUT2D eigenvalue weighted by Gasteiger charge is 2.38. The summed E-state index contributed by atoms with van der Waals surface area (Å²) in [5.74, 6) is -0.271. The molecule has 1 fully saturated rings. The van der Waals surface area contributed by atoms with E-state index in [2.05, 4.69) is 5.32 Å². The molecule has 150 valence electrons. The van der Waals surface area contributed by atoms with Gasteiger partial charge in [0.05, 0.1) is 0 Å². The van der Waals surface area contributed by atoms with Crippen LogP contribution in [0.3, 0.4) is 0 Å². The van der Waals surface area contributed by atoms with Crippen LogP contribution in [0.1, 0.15) is 58.4 Å². The molecule has 0 radical (unpaired) electrons. The molecule has 1 aliphatic rings. The molecule has 6 heteroatoms. The summed E-state index contributed by atoms with van der Waals surface area (Å²) < 4.78 is 18.4. The minimum Gasteiger partial charge on any atom is -0.444 e. The second kappa shape index (κ2) is 8.72. The van der Waals surface area contributed by atoms with Gasteiger partial charge in [-0.2, -0.15) is 0 Å². The van der Waals surface area contributed by atoms with E-state index in [0.717, 1.165) is 24.8 Å². The summed E-state index contributed by atoms with van der Waals surface area (Å²) in [7, 11) is 1.67. The van der Waals surface area contributed by atoms with Gasteiger partial charge in [-0.05, 0) is 57.7 Å². The van der Waals surface area contributed by atoms with Crippen molar-refractivity contribution in [2.75, 3.05) is 20.1 Å². The number of benzene rings is 1. The van der Waals surface area contributed by atoms with Crippen molar-refractivity contribution < 1.29 is 18.7 Å². The summed E-state index contributed by atoms with van der Waals surface area (Å²) in [5, 5.41) is 3.01. The summed E-state index contributed by atoms with van der Waals surface area (Å²) in [6.07, 6.45) is 3.67. The lowest BCUT2D eigenvalue weighted by Gasteiger charge is -2.42. The van der Waals surface area contributed by atoms with Crippen LogP contribution in [0.15, 0.2) is 24.3 Å². The van der Waals surface area contributed by atoms with Crippen molar-refractivity contribution in [2.45, 2.75) is 63.9 Å². The summed E-state index contributed by atoms with van der Waals surface area (Å²) in [6, 6.07) is 6.58. The standard InChI is InChI=1S/C21H31FN2O3/c1-20(2,3)27-19(26)24(4)14-5-7-18(25)23-15-21(12-6-13-21)16-8-10-17(22)11-9-16/h8-11H,5-7,12-15H2,1-4H3,(H,23,25). The lowest BCUT2D eigenvalue weighted by atomic mass is 9.64. The summed E-state index contributed by atoms with van der Waals surface area (Å²) in [4.78, 5) is 25.6. The van der Waals surface area contributed by atoms with E-state index in [1.54, 1.807) is 7.05 Å². The number of nitrogens with one attached hydrogen (secondary N) is 1. The molecule has 0 aliphatic heterocycles. The number of ether oxygens (including phenoxy) is 1. The minimum absolute atomic E-state index is 0.0269.